The van der Waals surface area contributed by atoms with Crippen LogP contribution >= 0.6 is 0 Å². The number of primary amides is 1. The molecule has 3 heterocycles. The molecule has 0 aliphatic heterocycles. The van der Waals surface area contributed by atoms with Crippen LogP contribution in [0.5, 0.6) is 0 Å². The van der Waals surface area contributed by atoms with Gasteiger partial charge in [0.15, 0.2) is 5.65 Å². The molecule has 0 aromatic carbocycles. The molecule has 0 bridgehead atoms. The van der Waals surface area contributed by atoms with E-state index in [-0.39, 0.29) is 49.5 Å². The Hall–Kier alpha value is -3.72. The number of nitrogens with two attached hydrogens (primary N) is 1. The quantitative estimate of drug-likeness (QED) is 0.316. The van der Waals surface area contributed by atoms with E-state index >= 15 is 0 Å². The standard InChI is InChI=1S/C26H30F6N8O2/c27-9-10-39-23(24(33)42)22(37-38-39)20(14-3-6-25(28,29)7-4-14)17-13-40-18(35-17)11-16(12-34-40)21(15-1-2-15)36-19(41)5-8-26(30,31)32/h11-15,20-21H,1-10H2,(H2,33,42)(H,36,41)/t20-,21+/m0/s1. The number of aryl methyl sites for hydroxylation is 1. The van der Waals surface area contributed by atoms with E-state index in [4.69, 9.17) is 5.73 Å². The fourth-order valence-corrected chi connectivity index (χ4v) is 5.66. The van der Waals surface area contributed by atoms with E-state index in [0.29, 0.717) is 16.9 Å². The number of nitrogens with one attached hydrogen (secondary N) is 1. The van der Waals surface area contributed by atoms with Gasteiger partial charge in [-0.05, 0) is 49.1 Å². The van der Waals surface area contributed by atoms with Crippen LogP contribution in [0, 0.1) is 11.8 Å². The fraction of sp³-hybridized carbons (Fsp3) is 0.615. The first-order valence-corrected chi connectivity index (χ1v) is 13.7. The molecule has 42 heavy (non-hydrogen) atoms. The van der Waals surface area contributed by atoms with Crippen LogP contribution < -0.4 is 11.1 Å². The minimum absolute atomic E-state index is 0.0406. The van der Waals surface area contributed by atoms with Gasteiger partial charge in [0.2, 0.25) is 11.8 Å². The van der Waals surface area contributed by atoms with E-state index in [2.05, 4.69) is 25.7 Å². The summed E-state index contributed by atoms with van der Waals surface area (Å²) in [4.78, 5) is 29.4. The first-order valence-electron chi connectivity index (χ1n) is 13.7. The Morgan fingerprint density at radius 3 is 2.48 bits per heavy atom. The van der Waals surface area contributed by atoms with Crippen LogP contribution in [0.4, 0.5) is 26.3 Å². The van der Waals surface area contributed by atoms with Gasteiger partial charge in [-0.15, -0.1) is 5.10 Å². The Balaban J connectivity index is 1.48. The van der Waals surface area contributed by atoms with Gasteiger partial charge in [-0.3, -0.25) is 9.59 Å². The van der Waals surface area contributed by atoms with E-state index in [1.807, 2.05) is 0 Å². The molecule has 2 aliphatic carbocycles. The molecule has 0 saturated heterocycles. The van der Waals surface area contributed by atoms with E-state index < -0.39 is 61.3 Å². The van der Waals surface area contributed by atoms with Gasteiger partial charge in [0.1, 0.15) is 18.1 Å². The third-order valence-electron chi connectivity index (χ3n) is 7.90. The largest absolute Gasteiger partial charge is 0.389 e. The van der Waals surface area contributed by atoms with Gasteiger partial charge in [-0.25, -0.2) is 27.4 Å². The number of alkyl halides is 6. The summed E-state index contributed by atoms with van der Waals surface area (Å²) in [6.45, 7) is -1.10. The van der Waals surface area contributed by atoms with Gasteiger partial charge < -0.3 is 11.1 Å². The number of nitrogens with zero attached hydrogens (tertiary/aromatic N) is 6. The Labute approximate surface area is 236 Å². The SMILES string of the molecule is NC(=O)c1c([C@H](c2cn3ncc([C@H](NC(=O)CCC(F)(F)F)C4CC4)cc3n2)C2CCC(F)(F)CC2)nnn1CCF. The van der Waals surface area contributed by atoms with Crippen LogP contribution in [0.2, 0.25) is 0 Å². The lowest BCUT2D eigenvalue weighted by molar-refractivity contribution is -0.144. The minimum Gasteiger partial charge on any atom is -0.364 e. The topological polar surface area (TPSA) is 133 Å². The van der Waals surface area contributed by atoms with Crippen molar-refractivity contribution in [2.45, 2.75) is 82.0 Å². The van der Waals surface area contributed by atoms with Crippen LogP contribution in [0.15, 0.2) is 18.5 Å². The predicted molar refractivity (Wildman–Crippen MR) is 135 cm³/mol. The number of imidazole rings is 1. The zero-order chi connectivity index (χ0) is 30.2. The number of hydrogen-bond donors (Lipinski definition) is 2. The highest BCUT2D eigenvalue weighted by Gasteiger charge is 2.42. The lowest BCUT2D eigenvalue weighted by Gasteiger charge is -2.32. The zero-order valence-corrected chi connectivity index (χ0v) is 22.5. The molecular weight excluding hydrogens is 570 g/mol. The molecule has 0 radical (unpaired) electrons. The van der Waals surface area contributed by atoms with Crippen molar-refractivity contribution in [1.82, 2.24) is 34.9 Å². The number of halogens is 6. The Morgan fingerprint density at radius 2 is 1.86 bits per heavy atom. The average molecular weight is 601 g/mol. The Kier molecular flexibility index (Phi) is 8.16. The van der Waals surface area contributed by atoms with Crippen molar-refractivity contribution < 1.29 is 35.9 Å². The average Bonchev–Trinajstić information content (AvgIpc) is 3.54. The maximum Gasteiger partial charge on any atom is 0.389 e. The van der Waals surface area contributed by atoms with Gasteiger partial charge in [0, 0.05) is 19.3 Å². The molecule has 3 aromatic heterocycles. The van der Waals surface area contributed by atoms with Crippen LogP contribution in [-0.4, -0.2) is 60.2 Å². The van der Waals surface area contributed by atoms with E-state index in [9.17, 15) is 35.9 Å². The number of amides is 2. The summed E-state index contributed by atoms with van der Waals surface area (Å²) in [7, 11) is 0. The second-order valence-electron chi connectivity index (χ2n) is 11.0. The molecule has 16 heteroatoms. The summed E-state index contributed by atoms with van der Waals surface area (Å²) in [6.07, 6.45) is -2.26. The first kappa shape index (κ1) is 29.8. The third kappa shape index (κ3) is 6.67. The van der Waals surface area contributed by atoms with Crippen molar-refractivity contribution in [2.75, 3.05) is 6.67 Å². The smallest absolute Gasteiger partial charge is 0.364 e. The van der Waals surface area contributed by atoms with Gasteiger partial charge in [-0.2, -0.15) is 18.3 Å². The summed E-state index contributed by atoms with van der Waals surface area (Å²) in [5.41, 5.74) is 6.85. The maximum absolute atomic E-state index is 14.0. The zero-order valence-electron chi connectivity index (χ0n) is 22.5. The monoisotopic (exact) mass is 600 g/mol. The van der Waals surface area contributed by atoms with Crippen molar-refractivity contribution in [1.29, 1.82) is 0 Å². The van der Waals surface area contributed by atoms with Crippen molar-refractivity contribution in [3.8, 4) is 0 Å². The van der Waals surface area contributed by atoms with Gasteiger partial charge in [0.05, 0.1) is 43.0 Å². The Morgan fingerprint density at radius 1 is 1.14 bits per heavy atom. The highest BCUT2D eigenvalue weighted by atomic mass is 19.4. The normalized spacial score (nSPS) is 19.1. The fourth-order valence-electron chi connectivity index (χ4n) is 5.66. The van der Waals surface area contributed by atoms with Crippen LogP contribution in [0.25, 0.3) is 5.65 Å². The van der Waals surface area contributed by atoms with Crippen molar-refractivity contribution in [3.05, 3.63) is 41.1 Å². The molecule has 3 N–H and O–H groups in total. The number of rotatable bonds is 11. The molecule has 5 rings (SSSR count). The molecular formula is C26H30F6N8O2. The van der Waals surface area contributed by atoms with Gasteiger partial charge in [0.25, 0.3) is 5.91 Å². The van der Waals surface area contributed by atoms with E-state index in [1.54, 1.807) is 12.3 Å². The van der Waals surface area contributed by atoms with Crippen molar-refractivity contribution >= 4 is 17.5 Å². The highest BCUT2D eigenvalue weighted by molar-refractivity contribution is 5.92. The second kappa shape index (κ2) is 11.5. The molecule has 2 aliphatic rings. The van der Waals surface area contributed by atoms with Crippen LogP contribution in [-0.2, 0) is 11.3 Å². The predicted octanol–water partition coefficient (Wildman–Crippen LogP) is 4.26. The molecule has 2 fully saturated rings. The second-order valence-corrected chi connectivity index (χ2v) is 11.0. The maximum atomic E-state index is 14.0. The summed E-state index contributed by atoms with van der Waals surface area (Å²) < 4.78 is 81.5. The molecule has 2 atom stereocenters. The highest BCUT2D eigenvalue weighted by Crippen LogP contribution is 2.45. The summed E-state index contributed by atoms with van der Waals surface area (Å²) in [5, 5.41) is 15.1. The number of aromatic nitrogens is 6. The summed E-state index contributed by atoms with van der Waals surface area (Å²) in [6, 6.07) is 1.10. The van der Waals surface area contributed by atoms with Gasteiger partial charge in [-0.1, -0.05) is 5.21 Å². The molecule has 2 saturated carbocycles. The number of carbonyl (C=O) groups is 2. The number of hydrogen-bond acceptors (Lipinski definition) is 6. The molecule has 10 nitrogen and oxygen atoms in total. The first-order chi connectivity index (χ1) is 19.8. The molecule has 2 amide bonds. The lowest BCUT2D eigenvalue weighted by Crippen LogP contribution is -2.30. The molecule has 0 spiro atoms. The van der Waals surface area contributed by atoms with Gasteiger partial charge >= 0.3 is 6.18 Å². The molecule has 228 valence electrons. The summed E-state index contributed by atoms with van der Waals surface area (Å²) in [5.74, 6) is -5.58. The van der Waals surface area contributed by atoms with E-state index in [0.717, 1.165) is 17.5 Å². The Bertz CT molecular complexity index is 1440. The molecule has 3 aromatic rings. The number of carbonyl (C=O) groups excluding carboxylic acids is 2. The lowest BCUT2D eigenvalue weighted by atomic mass is 9.75. The van der Waals surface area contributed by atoms with Crippen LogP contribution in [0.3, 0.4) is 0 Å². The van der Waals surface area contributed by atoms with E-state index in [1.165, 1.54) is 10.7 Å². The number of fused-ring (bicyclic) bond motifs is 1. The third-order valence-corrected chi connectivity index (χ3v) is 7.90. The summed E-state index contributed by atoms with van der Waals surface area (Å²) >= 11 is 0. The molecule has 0 unspecified atom stereocenters. The van der Waals surface area contributed by atoms with Crippen molar-refractivity contribution in [3.63, 3.8) is 0 Å². The van der Waals surface area contributed by atoms with Crippen LogP contribution in [0.1, 0.15) is 90.8 Å². The van der Waals surface area contributed by atoms with Crippen molar-refractivity contribution in [2.24, 2.45) is 17.6 Å². The minimum atomic E-state index is -4.45.